The van der Waals surface area contributed by atoms with Crippen LogP contribution in [0.2, 0.25) is 0 Å². The van der Waals surface area contributed by atoms with E-state index >= 15 is 0 Å². The monoisotopic (exact) mass is 469 g/mol. The molecule has 3 rings (SSSR count). The van der Waals surface area contributed by atoms with Gasteiger partial charge in [0.05, 0.1) is 19.3 Å². The number of hydrogen-bond donors (Lipinski definition) is 1. The van der Waals surface area contributed by atoms with Crippen LogP contribution < -0.4 is 10.1 Å². The van der Waals surface area contributed by atoms with Crippen molar-refractivity contribution in [3.8, 4) is 11.8 Å². The van der Waals surface area contributed by atoms with Crippen LogP contribution in [-0.4, -0.2) is 49.4 Å². The molecule has 1 aromatic carbocycles. The van der Waals surface area contributed by atoms with E-state index in [0.29, 0.717) is 49.4 Å². The molecule has 1 aliphatic rings. The van der Waals surface area contributed by atoms with E-state index in [9.17, 15) is 19.6 Å². The zero-order chi connectivity index (χ0) is 23.8. The molecule has 174 valence electrons. The lowest BCUT2D eigenvalue weighted by Crippen LogP contribution is -2.44. The second-order valence-corrected chi connectivity index (χ2v) is 8.68. The van der Waals surface area contributed by atoms with Crippen LogP contribution in [0.25, 0.3) is 0 Å². The van der Waals surface area contributed by atoms with Crippen molar-refractivity contribution in [1.29, 1.82) is 5.26 Å². The summed E-state index contributed by atoms with van der Waals surface area (Å²) in [5, 5.41) is 13.1. The summed E-state index contributed by atoms with van der Waals surface area (Å²) in [6, 6.07) is 9.20. The van der Waals surface area contributed by atoms with E-state index in [1.54, 1.807) is 0 Å². The fourth-order valence-electron chi connectivity index (χ4n) is 3.96. The van der Waals surface area contributed by atoms with Gasteiger partial charge in [0, 0.05) is 30.8 Å². The molecule has 1 atom stereocenters. The first-order valence-corrected chi connectivity index (χ1v) is 11.6. The number of nitrogens with zero attached hydrogens (tertiary/aromatic N) is 2. The highest BCUT2D eigenvalue weighted by Crippen LogP contribution is 2.37. The minimum Gasteiger partial charge on any atom is -0.494 e. The summed E-state index contributed by atoms with van der Waals surface area (Å²) < 4.78 is 10.5. The Balaban J connectivity index is 1.70. The Labute approximate surface area is 197 Å². The average molecular weight is 470 g/mol. The van der Waals surface area contributed by atoms with Crippen molar-refractivity contribution in [2.45, 2.75) is 45.2 Å². The fourth-order valence-corrected chi connectivity index (χ4v) is 5.20. The second-order valence-electron chi connectivity index (χ2n) is 7.57. The Kier molecular flexibility index (Phi) is 8.58. The van der Waals surface area contributed by atoms with Crippen molar-refractivity contribution in [3.63, 3.8) is 0 Å². The molecule has 2 aromatic rings. The lowest BCUT2D eigenvalue weighted by atomic mass is 10.0. The molecule has 33 heavy (non-hydrogen) atoms. The van der Waals surface area contributed by atoms with E-state index in [0.717, 1.165) is 21.8 Å². The molecule has 0 aliphatic carbocycles. The van der Waals surface area contributed by atoms with Crippen molar-refractivity contribution < 1.29 is 23.9 Å². The number of hydrogen-bond acceptors (Lipinski definition) is 8. The third-order valence-electron chi connectivity index (χ3n) is 5.58. The largest absolute Gasteiger partial charge is 0.494 e. The number of thiophene rings is 1. The number of ether oxygens (including phenoxy) is 2. The maximum atomic E-state index is 12.7. The molecule has 0 saturated heterocycles. The maximum absolute atomic E-state index is 12.7. The highest BCUT2D eigenvalue weighted by Gasteiger charge is 2.32. The second kappa shape index (κ2) is 11.6. The SMILES string of the molecule is CCOc1ccccc1CCC(=O)Nc1sc2c(c1C#N)CCN(C(CC=O)C(=O)OC)C2. The summed E-state index contributed by atoms with van der Waals surface area (Å²) in [5.74, 6) is 0.137. The third kappa shape index (κ3) is 5.78. The lowest BCUT2D eigenvalue weighted by molar-refractivity contribution is -0.148. The van der Waals surface area contributed by atoms with Crippen LogP contribution in [0.5, 0.6) is 5.75 Å². The highest BCUT2D eigenvalue weighted by molar-refractivity contribution is 7.16. The summed E-state index contributed by atoms with van der Waals surface area (Å²) in [7, 11) is 1.30. The third-order valence-corrected chi connectivity index (χ3v) is 6.71. The van der Waals surface area contributed by atoms with Gasteiger partial charge in [0.1, 0.15) is 29.1 Å². The van der Waals surface area contributed by atoms with Crippen LogP contribution in [0.3, 0.4) is 0 Å². The molecule has 0 fully saturated rings. The number of carbonyl (C=O) groups is 3. The number of aldehydes is 1. The standard InChI is InChI=1S/C24H27N3O5S/c1-3-32-20-7-5-4-6-16(20)8-9-22(29)26-23-18(14-25)17-10-12-27(15-21(17)33-23)19(11-13-28)24(30)31-2/h4-7,13,19H,3,8-12,15H2,1-2H3,(H,26,29). The van der Waals surface area contributed by atoms with Crippen molar-refractivity contribution in [2.24, 2.45) is 0 Å². The molecule has 1 aliphatic heterocycles. The van der Waals surface area contributed by atoms with E-state index in [1.165, 1.54) is 18.4 Å². The van der Waals surface area contributed by atoms with Crippen molar-refractivity contribution in [2.75, 3.05) is 25.6 Å². The minimum absolute atomic E-state index is 0.0469. The van der Waals surface area contributed by atoms with E-state index in [-0.39, 0.29) is 18.7 Å². The number of fused-ring (bicyclic) bond motifs is 1. The van der Waals surface area contributed by atoms with Crippen LogP contribution in [0.15, 0.2) is 24.3 Å². The van der Waals surface area contributed by atoms with Crippen LogP contribution >= 0.6 is 11.3 Å². The zero-order valence-electron chi connectivity index (χ0n) is 18.8. The molecule has 9 heteroatoms. The van der Waals surface area contributed by atoms with Gasteiger partial charge in [-0.25, -0.2) is 0 Å². The number of anilines is 1. The molecule has 1 N–H and O–H groups in total. The Morgan fingerprint density at radius 2 is 2.15 bits per heavy atom. The quantitative estimate of drug-likeness (QED) is 0.421. The number of esters is 1. The average Bonchev–Trinajstić information content (AvgIpc) is 3.17. The predicted molar refractivity (Wildman–Crippen MR) is 124 cm³/mol. The molecule has 2 heterocycles. The molecular formula is C24H27N3O5S. The Morgan fingerprint density at radius 1 is 1.36 bits per heavy atom. The number of para-hydroxylation sites is 1. The van der Waals surface area contributed by atoms with E-state index in [1.807, 2.05) is 36.1 Å². The molecule has 1 aromatic heterocycles. The number of nitrogens with one attached hydrogen (secondary N) is 1. The Bertz CT molecular complexity index is 1060. The van der Waals surface area contributed by atoms with Crippen LogP contribution in [0.4, 0.5) is 5.00 Å². The van der Waals surface area contributed by atoms with E-state index in [4.69, 9.17) is 9.47 Å². The molecule has 1 unspecified atom stereocenters. The minimum atomic E-state index is -0.656. The molecule has 0 saturated carbocycles. The topological polar surface area (TPSA) is 109 Å². The number of carbonyl (C=O) groups excluding carboxylic acids is 3. The molecule has 0 radical (unpaired) electrons. The number of aryl methyl sites for hydroxylation is 1. The smallest absolute Gasteiger partial charge is 0.323 e. The molecular weight excluding hydrogens is 442 g/mol. The van der Waals surface area contributed by atoms with Gasteiger partial charge < -0.3 is 19.6 Å². The van der Waals surface area contributed by atoms with Gasteiger partial charge in [0.2, 0.25) is 5.91 Å². The number of nitriles is 1. The summed E-state index contributed by atoms with van der Waals surface area (Å²) >= 11 is 1.35. The van der Waals surface area contributed by atoms with Crippen LogP contribution in [0.1, 0.15) is 41.3 Å². The number of rotatable bonds is 10. The molecule has 0 spiro atoms. The van der Waals surface area contributed by atoms with Gasteiger partial charge >= 0.3 is 5.97 Å². The van der Waals surface area contributed by atoms with Crippen molar-refractivity contribution in [1.82, 2.24) is 4.90 Å². The van der Waals surface area contributed by atoms with Gasteiger partial charge in [0.15, 0.2) is 0 Å². The maximum Gasteiger partial charge on any atom is 0.323 e. The summed E-state index contributed by atoms with van der Waals surface area (Å²) in [6.07, 6.45) is 2.09. The Hall–Kier alpha value is -3.22. The fraction of sp³-hybridized carbons (Fsp3) is 0.417. The van der Waals surface area contributed by atoms with Gasteiger partial charge in [-0.2, -0.15) is 5.26 Å². The lowest BCUT2D eigenvalue weighted by Gasteiger charge is -2.31. The van der Waals surface area contributed by atoms with Gasteiger partial charge in [0.25, 0.3) is 0 Å². The van der Waals surface area contributed by atoms with E-state index < -0.39 is 12.0 Å². The first kappa shape index (κ1) is 24.4. The van der Waals surface area contributed by atoms with Gasteiger partial charge in [-0.1, -0.05) is 18.2 Å². The van der Waals surface area contributed by atoms with Gasteiger partial charge in [-0.3, -0.25) is 14.5 Å². The van der Waals surface area contributed by atoms with Crippen molar-refractivity contribution >= 4 is 34.5 Å². The summed E-state index contributed by atoms with van der Waals surface area (Å²) in [5.41, 5.74) is 2.33. The molecule has 1 amide bonds. The first-order chi connectivity index (χ1) is 16.0. The van der Waals surface area contributed by atoms with Gasteiger partial charge in [-0.05, 0) is 37.0 Å². The number of methoxy groups -OCH3 is 1. The normalized spacial score (nSPS) is 14.0. The molecule has 0 bridgehead atoms. The predicted octanol–water partition coefficient (Wildman–Crippen LogP) is 3.08. The van der Waals surface area contributed by atoms with Crippen molar-refractivity contribution in [3.05, 3.63) is 45.8 Å². The van der Waals surface area contributed by atoms with Crippen LogP contribution in [0, 0.1) is 11.3 Å². The summed E-state index contributed by atoms with van der Waals surface area (Å²) in [4.78, 5) is 38.6. The first-order valence-electron chi connectivity index (χ1n) is 10.8. The number of amides is 1. The summed E-state index contributed by atoms with van der Waals surface area (Å²) in [6.45, 7) is 3.41. The Morgan fingerprint density at radius 3 is 2.85 bits per heavy atom. The number of benzene rings is 1. The zero-order valence-corrected chi connectivity index (χ0v) is 19.6. The molecule has 8 nitrogen and oxygen atoms in total. The van der Waals surface area contributed by atoms with E-state index in [2.05, 4.69) is 11.4 Å². The van der Waals surface area contributed by atoms with Crippen LogP contribution in [-0.2, 0) is 38.5 Å². The van der Waals surface area contributed by atoms with Gasteiger partial charge in [-0.15, -0.1) is 11.3 Å². The highest BCUT2D eigenvalue weighted by atomic mass is 32.1.